The summed E-state index contributed by atoms with van der Waals surface area (Å²) in [5, 5.41) is 17.4. The van der Waals surface area contributed by atoms with Crippen LogP contribution in [0.15, 0.2) is 81.0 Å². The highest BCUT2D eigenvalue weighted by atomic mass is 16.6. The Bertz CT molecular complexity index is 1840. The van der Waals surface area contributed by atoms with Crippen LogP contribution in [-0.4, -0.2) is 46.6 Å². The molecular formula is C29H24N4O8. The van der Waals surface area contributed by atoms with Gasteiger partial charge in [-0.05, 0) is 44.2 Å². The number of nitro benzene ring substituents is 1. The van der Waals surface area contributed by atoms with Gasteiger partial charge in [0, 0.05) is 17.0 Å². The van der Waals surface area contributed by atoms with Gasteiger partial charge in [-0.25, -0.2) is 9.78 Å². The number of hydrogen-bond donors (Lipinski definition) is 0. The van der Waals surface area contributed by atoms with E-state index in [4.69, 9.17) is 18.6 Å². The first kappa shape index (κ1) is 27.1. The van der Waals surface area contributed by atoms with Gasteiger partial charge in [-0.2, -0.15) is 9.78 Å². The van der Waals surface area contributed by atoms with E-state index in [0.29, 0.717) is 22.2 Å². The van der Waals surface area contributed by atoms with Crippen LogP contribution in [0.2, 0.25) is 0 Å². The van der Waals surface area contributed by atoms with Gasteiger partial charge in [0.25, 0.3) is 5.56 Å². The topological polar surface area (TPSA) is 148 Å². The molecule has 41 heavy (non-hydrogen) atoms. The van der Waals surface area contributed by atoms with Crippen molar-refractivity contribution in [2.45, 2.75) is 20.0 Å². The molecule has 0 spiro atoms. The first-order valence-electron chi connectivity index (χ1n) is 12.6. The molecule has 12 nitrogen and oxygen atoms in total. The van der Waals surface area contributed by atoms with E-state index < -0.39 is 28.2 Å². The van der Waals surface area contributed by atoms with Gasteiger partial charge in [0.1, 0.15) is 5.58 Å². The smallest absolute Gasteiger partial charge is 0.347 e. The molecule has 0 fully saturated rings. The summed E-state index contributed by atoms with van der Waals surface area (Å²) >= 11 is 0. The predicted octanol–water partition coefficient (Wildman–Crippen LogP) is 4.94. The maximum absolute atomic E-state index is 13.5. The lowest BCUT2D eigenvalue weighted by atomic mass is 10.1. The highest BCUT2D eigenvalue weighted by molar-refractivity contribution is 5.86. The number of benzene rings is 3. The highest BCUT2D eigenvalue weighted by Crippen LogP contribution is 2.39. The van der Waals surface area contributed by atoms with Gasteiger partial charge in [0.05, 0.1) is 35.8 Å². The molecule has 0 saturated heterocycles. The van der Waals surface area contributed by atoms with Crippen LogP contribution in [0.3, 0.4) is 0 Å². The lowest BCUT2D eigenvalue weighted by molar-refractivity contribution is -0.386. The SMILES string of the molecule is CCOC(=O)[C@@H](C)Oc1c(OC)cc(C=Nn2c(-c3cc4ccccc4o3)nc3ccccc3c2=O)cc1[N+](=O)[O-]. The van der Waals surface area contributed by atoms with Crippen LogP contribution >= 0.6 is 0 Å². The van der Waals surface area contributed by atoms with E-state index in [0.717, 1.165) is 10.1 Å². The minimum atomic E-state index is -1.13. The van der Waals surface area contributed by atoms with Gasteiger partial charge in [0.15, 0.2) is 17.6 Å². The van der Waals surface area contributed by atoms with E-state index in [9.17, 15) is 19.7 Å². The maximum Gasteiger partial charge on any atom is 0.347 e. The van der Waals surface area contributed by atoms with Gasteiger partial charge in [-0.3, -0.25) is 14.9 Å². The fourth-order valence-corrected chi connectivity index (χ4v) is 4.18. The number of aromatic nitrogens is 2. The van der Waals surface area contributed by atoms with Crippen molar-refractivity contribution in [2.75, 3.05) is 13.7 Å². The van der Waals surface area contributed by atoms with Crippen LogP contribution in [0.4, 0.5) is 5.69 Å². The summed E-state index contributed by atoms with van der Waals surface area (Å²) in [6.07, 6.45) is 0.133. The molecule has 0 radical (unpaired) electrons. The number of carbonyl (C=O) groups excluding carboxylic acids is 1. The highest BCUT2D eigenvalue weighted by Gasteiger charge is 2.27. The van der Waals surface area contributed by atoms with Crippen LogP contribution in [0.1, 0.15) is 19.4 Å². The van der Waals surface area contributed by atoms with Crippen molar-refractivity contribution in [3.8, 4) is 23.1 Å². The number of fused-ring (bicyclic) bond motifs is 2. The number of furan rings is 1. The monoisotopic (exact) mass is 556 g/mol. The Morgan fingerprint density at radius 1 is 1.17 bits per heavy atom. The summed E-state index contributed by atoms with van der Waals surface area (Å²) in [7, 11) is 1.30. The molecule has 0 amide bonds. The number of methoxy groups -OCH3 is 1. The zero-order valence-corrected chi connectivity index (χ0v) is 22.3. The Hall–Kier alpha value is -5.52. The van der Waals surface area contributed by atoms with E-state index in [1.807, 2.05) is 18.2 Å². The van der Waals surface area contributed by atoms with Gasteiger partial charge < -0.3 is 18.6 Å². The number of nitrogens with zero attached hydrogens (tertiary/aromatic N) is 4. The molecule has 0 saturated carbocycles. The average Bonchev–Trinajstić information content (AvgIpc) is 3.41. The van der Waals surface area contributed by atoms with Crippen molar-refractivity contribution in [1.82, 2.24) is 9.66 Å². The van der Waals surface area contributed by atoms with Crippen LogP contribution < -0.4 is 15.0 Å². The largest absolute Gasteiger partial charge is 0.493 e. The number of rotatable bonds is 9. The zero-order chi connectivity index (χ0) is 29.1. The molecule has 1 atom stereocenters. The Morgan fingerprint density at radius 2 is 1.93 bits per heavy atom. The Kier molecular flexibility index (Phi) is 7.46. The fourth-order valence-electron chi connectivity index (χ4n) is 4.18. The minimum Gasteiger partial charge on any atom is -0.493 e. The number of para-hydroxylation sites is 2. The molecule has 5 rings (SSSR count). The van der Waals surface area contributed by atoms with Crippen LogP contribution in [0, 0.1) is 10.1 Å². The van der Waals surface area contributed by atoms with Gasteiger partial charge in [0.2, 0.25) is 11.6 Å². The third-order valence-corrected chi connectivity index (χ3v) is 6.11. The second-order valence-electron chi connectivity index (χ2n) is 8.80. The summed E-state index contributed by atoms with van der Waals surface area (Å²) in [4.78, 5) is 41.5. The van der Waals surface area contributed by atoms with Crippen molar-refractivity contribution in [2.24, 2.45) is 5.10 Å². The summed E-state index contributed by atoms with van der Waals surface area (Å²) in [6, 6.07) is 18.6. The molecule has 0 unspecified atom stereocenters. The number of hydrogen-bond acceptors (Lipinski definition) is 10. The molecule has 0 N–H and O–H groups in total. The quantitative estimate of drug-likeness (QED) is 0.106. The molecule has 0 bridgehead atoms. The minimum absolute atomic E-state index is 0.0155. The van der Waals surface area contributed by atoms with Crippen LogP contribution in [0.25, 0.3) is 33.5 Å². The van der Waals surface area contributed by atoms with Crippen molar-refractivity contribution in [3.63, 3.8) is 0 Å². The molecule has 208 valence electrons. The summed E-state index contributed by atoms with van der Waals surface area (Å²) in [5.41, 5.74) is 0.345. The number of carbonyl (C=O) groups is 1. The second-order valence-corrected chi connectivity index (χ2v) is 8.80. The third kappa shape index (κ3) is 5.35. The van der Waals surface area contributed by atoms with E-state index in [-0.39, 0.29) is 29.5 Å². The Balaban J connectivity index is 1.62. The first-order chi connectivity index (χ1) is 19.8. The fraction of sp³-hybridized carbons (Fsp3) is 0.172. The molecular weight excluding hydrogens is 532 g/mol. The molecule has 0 aliphatic carbocycles. The molecule has 12 heteroatoms. The normalized spacial score (nSPS) is 12.1. The molecule has 3 aromatic carbocycles. The van der Waals surface area contributed by atoms with Crippen molar-refractivity contribution < 1.29 is 28.3 Å². The van der Waals surface area contributed by atoms with E-state index in [2.05, 4.69) is 10.1 Å². The van der Waals surface area contributed by atoms with Gasteiger partial charge >= 0.3 is 11.7 Å². The van der Waals surface area contributed by atoms with E-state index >= 15 is 0 Å². The van der Waals surface area contributed by atoms with Crippen molar-refractivity contribution in [1.29, 1.82) is 0 Å². The lowest BCUT2D eigenvalue weighted by Crippen LogP contribution is -2.26. The predicted molar refractivity (Wildman–Crippen MR) is 151 cm³/mol. The lowest BCUT2D eigenvalue weighted by Gasteiger charge is -2.16. The number of ether oxygens (including phenoxy) is 3. The molecule has 0 aliphatic rings. The zero-order valence-electron chi connectivity index (χ0n) is 22.3. The Morgan fingerprint density at radius 3 is 2.66 bits per heavy atom. The standard InChI is InChI=1S/C29H24N4O8/c1-4-39-29(35)17(2)40-26-22(33(36)37)13-18(14-24(26)38-3)16-30-32-27(25-15-19-9-5-8-12-23(19)41-25)31-21-11-7-6-10-20(21)28(32)34/h5-17H,4H2,1-3H3/t17-/m1/s1. The van der Waals surface area contributed by atoms with Gasteiger partial charge in [-0.15, -0.1) is 0 Å². The third-order valence-electron chi connectivity index (χ3n) is 6.11. The number of esters is 1. The molecule has 2 aromatic heterocycles. The van der Waals surface area contributed by atoms with Gasteiger partial charge in [-0.1, -0.05) is 30.3 Å². The second kappa shape index (κ2) is 11.3. The summed E-state index contributed by atoms with van der Waals surface area (Å²) < 4.78 is 22.9. The average molecular weight is 557 g/mol. The van der Waals surface area contributed by atoms with Crippen molar-refractivity contribution >= 4 is 39.7 Å². The first-order valence-corrected chi connectivity index (χ1v) is 12.6. The van der Waals surface area contributed by atoms with Crippen LogP contribution in [-0.2, 0) is 9.53 Å². The number of nitro groups is 1. The summed E-state index contributed by atoms with van der Waals surface area (Å²) in [6.45, 7) is 3.17. The van der Waals surface area contributed by atoms with E-state index in [1.54, 1.807) is 43.3 Å². The molecule has 5 aromatic rings. The van der Waals surface area contributed by atoms with Crippen molar-refractivity contribution in [3.05, 3.63) is 92.8 Å². The molecule has 2 heterocycles. The Labute approximate surface area is 232 Å². The maximum atomic E-state index is 13.5. The molecule has 0 aliphatic heterocycles. The van der Waals surface area contributed by atoms with Crippen LogP contribution in [0.5, 0.6) is 11.5 Å². The summed E-state index contributed by atoms with van der Waals surface area (Å²) in [5.74, 6) is -0.492. The van der Waals surface area contributed by atoms with E-state index in [1.165, 1.54) is 32.4 Å².